The summed E-state index contributed by atoms with van der Waals surface area (Å²) in [6, 6.07) is 21.6. The highest BCUT2D eigenvalue weighted by Crippen LogP contribution is 2.33. The number of fused-ring (bicyclic) bond motifs is 1. The predicted octanol–water partition coefficient (Wildman–Crippen LogP) is 5.34. The smallest absolute Gasteiger partial charge is 0.404 e. The van der Waals surface area contributed by atoms with Crippen molar-refractivity contribution in [2.24, 2.45) is 7.05 Å². The van der Waals surface area contributed by atoms with E-state index in [0.29, 0.717) is 40.2 Å². The molecule has 0 saturated heterocycles. The normalized spacial score (nSPS) is 14.3. The molecule has 1 aliphatic rings. The third kappa shape index (κ3) is 5.45. The second kappa shape index (κ2) is 11.4. The number of aromatic nitrogens is 1. The number of aromatic hydroxyl groups is 1. The van der Waals surface area contributed by atoms with Crippen molar-refractivity contribution in [3.05, 3.63) is 106 Å². The molecule has 0 fully saturated rings. The van der Waals surface area contributed by atoms with Gasteiger partial charge in [-0.3, -0.25) is 9.59 Å². The highest BCUT2D eigenvalue weighted by molar-refractivity contribution is 6.08. The Labute approximate surface area is 244 Å². The van der Waals surface area contributed by atoms with Gasteiger partial charge < -0.3 is 29.9 Å². The number of phenols is 1. The fraction of sp³-hybridized carbons (Fsp3) is 0.242. The zero-order valence-corrected chi connectivity index (χ0v) is 24.1. The molecule has 3 amide bonds. The lowest BCUT2D eigenvalue weighted by Gasteiger charge is -2.35. The van der Waals surface area contributed by atoms with Crippen molar-refractivity contribution in [3.8, 4) is 17.0 Å². The van der Waals surface area contributed by atoms with E-state index in [0.717, 1.165) is 17.7 Å². The number of hydrogen-bond donors (Lipinski definition) is 3. The second-order valence-corrected chi connectivity index (χ2v) is 10.8. The maximum absolute atomic E-state index is 14.2. The van der Waals surface area contributed by atoms with Crippen molar-refractivity contribution in [2.75, 3.05) is 11.9 Å². The van der Waals surface area contributed by atoms with Gasteiger partial charge in [-0.2, -0.15) is 0 Å². The first-order chi connectivity index (χ1) is 20.0. The average molecular weight is 567 g/mol. The van der Waals surface area contributed by atoms with Crippen LogP contribution in [0.4, 0.5) is 10.5 Å². The fourth-order valence-electron chi connectivity index (χ4n) is 5.53. The Bertz CT molecular complexity index is 1670. The first kappa shape index (κ1) is 28.5. The summed E-state index contributed by atoms with van der Waals surface area (Å²) in [7, 11) is 3.53. The summed E-state index contributed by atoms with van der Waals surface area (Å²) < 4.78 is 1.90. The Morgan fingerprint density at radius 3 is 2.36 bits per heavy atom. The van der Waals surface area contributed by atoms with E-state index in [2.05, 4.69) is 11.4 Å². The molecule has 1 atom stereocenters. The summed E-state index contributed by atoms with van der Waals surface area (Å²) in [5.41, 5.74) is 6.63. The number of carboxylic acid groups (broad SMARTS) is 1. The first-order valence-electron chi connectivity index (χ1n) is 13.8. The summed E-state index contributed by atoms with van der Waals surface area (Å²) in [6.07, 6.45) is -0.407. The standard InChI is InChI=1S/C33H34N4O5/c1-20-15-23-7-5-6-8-24(23)19-37(20)32(40)29-16-22(18-34-33(41)42)9-14-27(29)30-17-28(21(2)35(30)3)31(39)36(4)25-10-12-26(38)13-11-25/h5-14,16-17,20,34,38H,15,18-19H2,1-4H3,(H,41,42)/t20-/m1/s1. The highest BCUT2D eigenvalue weighted by Gasteiger charge is 2.30. The molecule has 1 aromatic heterocycles. The van der Waals surface area contributed by atoms with Gasteiger partial charge in [0.2, 0.25) is 0 Å². The molecule has 42 heavy (non-hydrogen) atoms. The van der Waals surface area contributed by atoms with Crippen LogP contribution in [-0.2, 0) is 26.6 Å². The minimum atomic E-state index is -1.15. The van der Waals surface area contributed by atoms with Gasteiger partial charge in [-0.25, -0.2) is 4.79 Å². The fourth-order valence-corrected chi connectivity index (χ4v) is 5.53. The summed E-state index contributed by atoms with van der Waals surface area (Å²) in [5.74, 6) is -0.267. The number of anilines is 1. The Morgan fingerprint density at radius 1 is 0.976 bits per heavy atom. The molecule has 9 heteroatoms. The van der Waals surface area contributed by atoms with Crippen LogP contribution in [-0.4, -0.2) is 50.7 Å². The van der Waals surface area contributed by atoms with E-state index in [1.165, 1.54) is 22.6 Å². The van der Waals surface area contributed by atoms with Crippen molar-refractivity contribution >= 4 is 23.6 Å². The number of nitrogens with zero attached hydrogens (tertiary/aromatic N) is 3. The summed E-state index contributed by atoms with van der Waals surface area (Å²) >= 11 is 0. The van der Waals surface area contributed by atoms with Crippen LogP contribution in [0.2, 0.25) is 0 Å². The van der Waals surface area contributed by atoms with Crippen molar-refractivity contribution in [2.45, 2.75) is 39.4 Å². The topological polar surface area (TPSA) is 115 Å². The van der Waals surface area contributed by atoms with Crippen molar-refractivity contribution in [1.29, 1.82) is 0 Å². The minimum absolute atomic E-state index is 0.0349. The van der Waals surface area contributed by atoms with Crippen molar-refractivity contribution < 1.29 is 24.6 Å². The molecule has 0 aliphatic carbocycles. The van der Waals surface area contributed by atoms with Gasteiger partial charge in [0.25, 0.3) is 11.8 Å². The second-order valence-electron chi connectivity index (χ2n) is 10.8. The number of amides is 3. The van der Waals surface area contributed by atoms with Crippen LogP contribution in [0.1, 0.15) is 50.0 Å². The molecule has 0 spiro atoms. The van der Waals surface area contributed by atoms with E-state index >= 15 is 0 Å². The van der Waals surface area contributed by atoms with Crippen LogP contribution in [0.25, 0.3) is 11.3 Å². The largest absolute Gasteiger partial charge is 0.508 e. The Hall–Kier alpha value is -5.05. The van der Waals surface area contributed by atoms with Gasteiger partial charge in [0.1, 0.15) is 5.75 Å². The SMILES string of the molecule is Cc1c(C(=O)N(C)c2ccc(O)cc2)cc(-c2ccc(CNC(=O)O)cc2C(=O)N2Cc3ccccc3C[C@H]2C)n1C. The average Bonchev–Trinajstić information content (AvgIpc) is 3.28. The van der Waals surface area contributed by atoms with Crippen LogP contribution >= 0.6 is 0 Å². The molecule has 4 aromatic rings. The molecule has 0 bridgehead atoms. The van der Waals surface area contributed by atoms with Crippen molar-refractivity contribution in [1.82, 2.24) is 14.8 Å². The lowest BCUT2D eigenvalue weighted by atomic mass is 9.93. The molecule has 1 aliphatic heterocycles. The molecule has 216 valence electrons. The van der Waals surface area contributed by atoms with Gasteiger partial charge in [0.15, 0.2) is 0 Å². The third-order valence-electron chi connectivity index (χ3n) is 8.11. The first-order valence-corrected chi connectivity index (χ1v) is 13.8. The molecule has 3 N–H and O–H groups in total. The van der Waals surface area contributed by atoms with E-state index in [4.69, 9.17) is 5.11 Å². The lowest BCUT2D eigenvalue weighted by molar-refractivity contribution is 0.0658. The molecule has 0 unspecified atom stereocenters. The molecule has 9 nitrogen and oxygen atoms in total. The maximum Gasteiger partial charge on any atom is 0.404 e. The monoisotopic (exact) mass is 566 g/mol. The quantitative estimate of drug-likeness (QED) is 0.292. The molecule has 5 rings (SSSR count). The van der Waals surface area contributed by atoms with Crippen LogP contribution in [0.5, 0.6) is 5.75 Å². The van der Waals surface area contributed by atoms with Crippen LogP contribution < -0.4 is 10.2 Å². The molecule has 3 aromatic carbocycles. The van der Waals surface area contributed by atoms with Crippen LogP contribution in [0, 0.1) is 6.92 Å². The zero-order valence-electron chi connectivity index (χ0n) is 24.1. The molecular formula is C33H34N4O5. The van der Waals surface area contributed by atoms with Gasteiger partial charge in [-0.05, 0) is 73.4 Å². The molecule has 0 radical (unpaired) electrons. The van der Waals surface area contributed by atoms with Gasteiger partial charge in [-0.1, -0.05) is 36.4 Å². The Balaban J connectivity index is 1.55. The van der Waals surface area contributed by atoms with E-state index in [1.807, 2.05) is 54.6 Å². The number of benzene rings is 3. The van der Waals surface area contributed by atoms with E-state index in [9.17, 15) is 19.5 Å². The third-order valence-corrected chi connectivity index (χ3v) is 8.11. The van der Waals surface area contributed by atoms with Gasteiger partial charge >= 0.3 is 6.09 Å². The number of rotatable bonds is 6. The van der Waals surface area contributed by atoms with Crippen LogP contribution in [0.3, 0.4) is 0 Å². The molecular weight excluding hydrogens is 532 g/mol. The van der Waals surface area contributed by atoms with E-state index in [-0.39, 0.29) is 30.2 Å². The number of carbonyl (C=O) groups excluding carboxylic acids is 2. The molecule has 2 heterocycles. The van der Waals surface area contributed by atoms with E-state index < -0.39 is 6.09 Å². The van der Waals surface area contributed by atoms with E-state index in [1.54, 1.807) is 37.4 Å². The Kier molecular flexibility index (Phi) is 7.76. The number of nitrogens with one attached hydrogen (secondary N) is 1. The van der Waals surface area contributed by atoms with Gasteiger partial charge in [-0.15, -0.1) is 0 Å². The molecule has 0 saturated carbocycles. The predicted molar refractivity (Wildman–Crippen MR) is 161 cm³/mol. The number of carbonyl (C=O) groups is 3. The summed E-state index contributed by atoms with van der Waals surface area (Å²) in [5, 5.41) is 21.2. The summed E-state index contributed by atoms with van der Waals surface area (Å²) in [6.45, 7) is 4.42. The highest BCUT2D eigenvalue weighted by atomic mass is 16.4. The lowest BCUT2D eigenvalue weighted by Crippen LogP contribution is -2.42. The number of hydrogen-bond acceptors (Lipinski definition) is 4. The summed E-state index contributed by atoms with van der Waals surface area (Å²) in [4.78, 5) is 42.4. The number of phenolic OH excluding ortho intramolecular Hbond substituents is 1. The Morgan fingerprint density at radius 2 is 1.67 bits per heavy atom. The van der Waals surface area contributed by atoms with Crippen LogP contribution in [0.15, 0.2) is 72.8 Å². The minimum Gasteiger partial charge on any atom is -0.508 e. The maximum atomic E-state index is 14.2. The van der Waals surface area contributed by atoms with Gasteiger partial charge in [0.05, 0.1) is 5.56 Å². The van der Waals surface area contributed by atoms with Gasteiger partial charge in [0, 0.05) is 61.4 Å². The van der Waals surface area contributed by atoms with Crippen molar-refractivity contribution in [3.63, 3.8) is 0 Å². The zero-order chi connectivity index (χ0) is 30.1.